The maximum absolute atomic E-state index is 13.5. The van der Waals surface area contributed by atoms with E-state index in [1.165, 1.54) is 42.6 Å². The minimum atomic E-state index is -0.650. The number of aliphatic hydroxyl groups excluding tert-OH is 1. The van der Waals surface area contributed by atoms with Crippen LogP contribution in [0.2, 0.25) is 0 Å². The number of aromatic amines is 1. The standard InChI is InChI=1S/C34H38N6O9/c1-20(2)18-48-28-15-22(5-8-25(28)38-32(43)24-7-10-27(40(45)46)30(17-24)47-14-13-41)31(42)37-26-9-6-23(16-29(26)49-19-21(3)4)33(44)39-34-35-11-12-36-34/h5-12,15-17,20-21,41H,13-14,18-19H2,1-4H3,(H,37,42)(H,38,43)(H2,35,36,39,44). The van der Waals surface area contributed by atoms with Gasteiger partial charge >= 0.3 is 5.69 Å². The van der Waals surface area contributed by atoms with E-state index in [1.54, 1.807) is 18.3 Å². The van der Waals surface area contributed by atoms with E-state index in [0.29, 0.717) is 18.0 Å². The molecule has 4 aromatic rings. The fraction of sp³-hybridized carbons (Fsp3) is 0.294. The van der Waals surface area contributed by atoms with E-state index < -0.39 is 22.6 Å². The van der Waals surface area contributed by atoms with Gasteiger partial charge in [-0.3, -0.25) is 29.8 Å². The van der Waals surface area contributed by atoms with Crippen LogP contribution >= 0.6 is 0 Å². The molecule has 0 atom stereocenters. The number of imidazole rings is 1. The highest BCUT2D eigenvalue weighted by molar-refractivity contribution is 6.09. The summed E-state index contributed by atoms with van der Waals surface area (Å²) in [5.41, 5.74) is 0.793. The van der Waals surface area contributed by atoms with E-state index in [4.69, 9.17) is 19.3 Å². The van der Waals surface area contributed by atoms with Gasteiger partial charge in [0.1, 0.15) is 18.1 Å². The van der Waals surface area contributed by atoms with Crippen molar-refractivity contribution in [3.8, 4) is 17.2 Å². The third kappa shape index (κ3) is 10.0. The second-order valence-electron chi connectivity index (χ2n) is 11.6. The highest BCUT2D eigenvalue weighted by Gasteiger charge is 2.21. The predicted molar refractivity (Wildman–Crippen MR) is 182 cm³/mol. The molecule has 4 rings (SSSR count). The van der Waals surface area contributed by atoms with Crippen molar-refractivity contribution in [2.75, 3.05) is 42.4 Å². The van der Waals surface area contributed by atoms with E-state index >= 15 is 0 Å². The molecule has 0 aliphatic rings. The van der Waals surface area contributed by atoms with Gasteiger partial charge in [0.2, 0.25) is 5.95 Å². The molecule has 5 N–H and O–H groups in total. The highest BCUT2D eigenvalue weighted by Crippen LogP contribution is 2.32. The number of carbonyl (C=O) groups excluding carboxylic acids is 3. The number of carbonyl (C=O) groups is 3. The fourth-order valence-electron chi connectivity index (χ4n) is 4.27. The van der Waals surface area contributed by atoms with Crippen molar-refractivity contribution in [3.63, 3.8) is 0 Å². The quantitative estimate of drug-likeness (QED) is 0.0743. The summed E-state index contributed by atoms with van der Waals surface area (Å²) in [4.78, 5) is 57.1. The number of aromatic nitrogens is 2. The first kappa shape index (κ1) is 35.9. The Morgan fingerprint density at radius 3 is 1.71 bits per heavy atom. The normalized spacial score (nSPS) is 10.8. The van der Waals surface area contributed by atoms with Crippen molar-refractivity contribution in [2.45, 2.75) is 27.7 Å². The molecule has 0 spiro atoms. The molecule has 0 aliphatic heterocycles. The van der Waals surface area contributed by atoms with Crippen LogP contribution in [0.3, 0.4) is 0 Å². The number of benzene rings is 3. The summed E-state index contributed by atoms with van der Waals surface area (Å²) in [6, 6.07) is 12.8. The Kier molecular flexibility index (Phi) is 12.3. The number of hydrogen-bond donors (Lipinski definition) is 5. The van der Waals surface area contributed by atoms with Crippen LogP contribution in [-0.4, -0.2) is 64.1 Å². The summed E-state index contributed by atoms with van der Waals surface area (Å²) < 4.78 is 17.2. The molecular weight excluding hydrogens is 636 g/mol. The van der Waals surface area contributed by atoms with Gasteiger partial charge < -0.3 is 34.9 Å². The Labute approximate surface area is 282 Å². The molecule has 15 nitrogen and oxygen atoms in total. The zero-order valence-corrected chi connectivity index (χ0v) is 27.4. The second kappa shape index (κ2) is 16.7. The second-order valence-corrected chi connectivity index (χ2v) is 11.6. The number of aliphatic hydroxyl groups is 1. The highest BCUT2D eigenvalue weighted by atomic mass is 16.6. The molecule has 1 aromatic heterocycles. The number of hydrogen-bond acceptors (Lipinski definition) is 10. The first-order chi connectivity index (χ1) is 23.4. The van der Waals surface area contributed by atoms with Crippen LogP contribution < -0.4 is 30.2 Å². The van der Waals surface area contributed by atoms with Gasteiger partial charge in [0.05, 0.1) is 36.1 Å². The summed E-state index contributed by atoms with van der Waals surface area (Å²) in [7, 11) is 0. The SMILES string of the molecule is CC(C)COc1cc(C(=O)Nc2ncc[nH]2)ccc1NC(=O)c1ccc(NC(=O)c2ccc([N+](=O)[O-])c(OCCO)c2)c(OCC(C)C)c1. The number of nitrogens with one attached hydrogen (secondary N) is 4. The van der Waals surface area contributed by atoms with Gasteiger partial charge in [0.25, 0.3) is 17.7 Å². The molecular formula is C34H38N6O9. The van der Waals surface area contributed by atoms with Crippen LogP contribution in [0.5, 0.6) is 17.2 Å². The van der Waals surface area contributed by atoms with E-state index in [-0.39, 0.29) is 77.2 Å². The molecule has 49 heavy (non-hydrogen) atoms. The predicted octanol–water partition coefficient (Wildman–Crippen LogP) is 5.52. The van der Waals surface area contributed by atoms with E-state index in [0.717, 1.165) is 6.07 Å². The van der Waals surface area contributed by atoms with E-state index in [9.17, 15) is 24.5 Å². The molecule has 0 radical (unpaired) electrons. The lowest BCUT2D eigenvalue weighted by Crippen LogP contribution is -2.17. The Hall–Kier alpha value is -5.96. The molecule has 0 bridgehead atoms. The number of amides is 3. The zero-order valence-electron chi connectivity index (χ0n) is 27.4. The molecule has 1 heterocycles. The maximum Gasteiger partial charge on any atom is 0.310 e. The number of ether oxygens (including phenoxy) is 3. The number of nitro benzene ring substituents is 1. The summed E-state index contributed by atoms with van der Waals surface area (Å²) in [5, 5.41) is 28.7. The average molecular weight is 675 g/mol. The molecule has 0 fully saturated rings. The minimum Gasteiger partial charge on any atom is -0.491 e. The van der Waals surface area contributed by atoms with Crippen LogP contribution in [0, 0.1) is 22.0 Å². The minimum absolute atomic E-state index is 0.0605. The van der Waals surface area contributed by atoms with Gasteiger partial charge in [-0.15, -0.1) is 0 Å². The van der Waals surface area contributed by atoms with E-state index in [2.05, 4.69) is 25.9 Å². The van der Waals surface area contributed by atoms with Gasteiger partial charge in [-0.1, -0.05) is 27.7 Å². The molecule has 258 valence electrons. The Bertz CT molecular complexity index is 1790. The molecule has 15 heteroatoms. The largest absolute Gasteiger partial charge is 0.491 e. The Morgan fingerprint density at radius 1 is 0.776 bits per heavy atom. The number of anilines is 3. The Balaban J connectivity index is 1.58. The molecule has 3 amide bonds. The Morgan fingerprint density at radius 2 is 1.27 bits per heavy atom. The van der Waals surface area contributed by atoms with Crippen LogP contribution in [0.1, 0.15) is 58.8 Å². The summed E-state index contributed by atoms with van der Waals surface area (Å²) in [6.45, 7) is 7.86. The van der Waals surface area contributed by atoms with Gasteiger partial charge in [0, 0.05) is 41.2 Å². The van der Waals surface area contributed by atoms with Gasteiger partial charge in [-0.25, -0.2) is 4.98 Å². The first-order valence-corrected chi connectivity index (χ1v) is 15.4. The lowest BCUT2D eigenvalue weighted by Gasteiger charge is -2.17. The molecule has 0 unspecified atom stereocenters. The van der Waals surface area contributed by atoms with Gasteiger partial charge in [-0.2, -0.15) is 0 Å². The van der Waals surface area contributed by atoms with Gasteiger partial charge in [-0.05, 0) is 54.3 Å². The van der Waals surface area contributed by atoms with Crippen LogP contribution in [0.15, 0.2) is 67.0 Å². The number of nitro groups is 1. The first-order valence-electron chi connectivity index (χ1n) is 15.4. The van der Waals surface area contributed by atoms with Crippen molar-refractivity contribution in [2.24, 2.45) is 11.8 Å². The number of H-pyrrole nitrogens is 1. The topological polar surface area (TPSA) is 207 Å². The van der Waals surface area contributed by atoms with E-state index in [1.807, 2.05) is 27.7 Å². The molecule has 0 saturated heterocycles. The summed E-state index contributed by atoms with van der Waals surface area (Å²) in [5.74, 6) is -0.633. The third-order valence-corrected chi connectivity index (χ3v) is 6.63. The lowest BCUT2D eigenvalue weighted by atomic mass is 10.1. The molecule has 0 saturated carbocycles. The average Bonchev–Trinajstić information content (AvgIpc) is 3.59. The zero-order chi connectivity index (χ0) is 35.5. The van der Waals surface area contributed by atoms with Crippen molar-refractivity contribution < 1.29 is 38.6 Å². The van der Waals surface area contributed by atoms with Crippen molar-refractivity contribution in [1.29, 1.82) is 0 Å². The monoisotopic (exact) mass is 674 g/mol. The fourth-order valence-corrected chi connectivity index (χ4v) is 4.27. The smallest absolute Gasteiger partial charge is 0.310 e. The summed E-state index contributed by atoms with van der Waals surface area (Å²) in [6.07, 6.45) is 3.09. The van der Waals surface area contributed by atoms with Crippen LogP contribution in [-0.2, 0) is 0 Å². The van der Waals surface area contributed by atoms with Crippen LogP contribution in [0.4, 0.5) is 23.0 Å². The summed E-state index contributed by atoms with van der Waals surface area (Å²) >= 11 is 0. The van der Waals surface area contributed by atoms with Crippen molar-refractivity contribution in [1.82, 2.24) is 9.97 Å². The number of rotatable bonds is 16. The number of nitrogens with zero attached hydrogens (tertiary/aromatic N) is 2. The van der Waals surface area contributed by atoms with Crippen molar-refractivity contribution >= 4 is 40.7 Å². The molecule has 0 aliphatic carbocycles. The third-order valence-electron chi connectivity index (χ3n) is 6.63. The van der Waals surface area contributed by atoms with Crippen molar-refractivity contribution in [3.05, 3.63) is 93.8 Å². The lowest BCUT2D eigenvalue weighted by molar-refractivity contribution is -0.385. The molecule has 3 aromatic carbocycles. The van der Waals surface area contributed by atoms with Crippen LogP contribution in [0.25, 0.3) is 0 Å². The maximum atomic E-state index is 13.5. The van der Waals surface area contributed by atoms with Gasteiger partial charge in [0.15, 0.2) is 5.75 Å².